The van der Waals surface area contributed by atoms with Crippen LogP contribution in [0.5, 0.6) is 0 Å². The number of halogens is 1. The number of nitrogens with one attached hydrogen (secondary N) is 1. The molecule has 0 saturated heterocycles. The fourth-order valence-corrected chi connectivity index (χ4v) is 3.80. The Kier molecular flexibility index (Phi) is 5.36. The van der Waals surface area contributed by atoms with E-state index in [4.69, 9.17) is 16.7 Å². The molecule has 2 rings (SSSR count). The average Bonchev–Trinajstić information content (AvgIpc) is 2.48. The first-order chi connectivity index (χ1) is 10.0. The van der Waals surface area contributed by atoms with Crippen LogP contribution in [0, 0.1) is 0 Å². The highest BCUT2D eigenvalue weighted by molar-refractivity contribution is 7.89. The van der Waals surface area contributed by atoms with Crippen LogP contribution in [-0.4, -0.2) is 20.1 Å². The van der Waals surface area contributed by atoms with Crippen LogP contribution in [0.15, 0.2) is 59.5 Å². The first-order valence-corrected chi connectivity index (χ1v) is 8.33. The molecule has 2 aromatic rings. The lowest BCUT2D eigenvalue weighted by Gasteiger charge is -2.18. The number of aliphatic hydroxyl groups excluding tert-OH is 1. The molecule has 0 bridgehead atoms. The van der Waals surface area contributed by atoms with Gasteiger partial charge in [-0.3, -0.25) is 0 Å². The summed E-state index contributed by atoms with van der Waals surface area (Å²) in [5, 5.41) is 9.33. The largest absolute Gasteiger partial charge is 0.396 e. The number of hydrogen-bond donors (Lipinski definition) is 2. The van der Waals surface area contributed by atoms with E-state index in [1.54, 1.807) is 12.1 Å². The molecular formula is C15H16ClNO3S. The molecule has 6 heteroatoms. The fraction of sp³-hybridized carbons (Fsp3) is 0.200. The van der Waals surface area contributed by atoms with E-state index in [0.29, 0.717) is 0 Å². The van der Waals surface area contributed by atoms with E-state index >= 15 is 0 Å². The van der Waals surface area contributed by atoms with Gasteiger partial charge in [0, 0.05) is 12.6 Å². The molecule has 4 nitrogen and oxygen atoms in total. The van der Waals surface area contributed by atoms with E-state index in [1.807, 2.05) is 30.3 Å². The van der Waals surface area contributed by atoms with Gasteiger partial charge in [0.15, 0.2) is 0 Å². The lowest BCUT2D eigenvalue weighted by molar-refractivity contribution is 0.272. The highest BCUT2D eigenvalue weighted by Gasteiger charge is 2.22. The molecule has 112 valence electrons. The molecule has 0 spiro atoms. The first-order valence-electron chi connectivity index (χ1n) is 6.47. The summed E-state index contributed by atoms with van der Waals surface area (Å²) in [5.74, 6) is 0. The van der Waals surface area contributed by atoms with Crippen LogP contribution in [0.4, 0.5) is 0 Å². The van der Waals surface area contributed by atoms with Crippen LogP contribution in [0.1, 0.15) is 18.0 Å². The summed E-state index contributed by atoms with van der Waals surface area (Å²) in [7, 11) is -3.75. The molecule has 0 aliphatic heterocycles. The van der Waals surface area contributed by atoms with E-state index in [2.05, 4.69) is 4.72 Å². The average molecular weight is 326 g/mol. The Balaban J connectivity index is 2.30. The van der Waals surface area contributed by atoms with Gasteiger partial charge < -0.3 is 5.11 Å². The molecule has 0 heterocycles. The molecule has 0 aliphatic rings. The van der Waals surface area contributed by atoms with Crippen molar-refractivity contribution in [3.05, 3.63) is 65.2 Å². The van der Waals surface area contributed by atoms with Crippen LogP contribution in [0.25, 0.3) is 0 Å². The van der Waals surface area contributed by atoms with Crippen molar-refractivity contribution in [2.45, 2.75) is 17.4 Å². The third-order valence-electron chi connectivity index (χ3n) is 3.04. The third-order valence-corrected chi connectivity index (χ3v) is 5.01. The molecule has 0 aliphatic carbocycles. The van der Waals surface area contributed by atoms with Crippen LogP contribution in [0.2, 0.25) is 5.02 Å². The molecule has 1 atom stereocenters. The second-order valence-electron chi connectivity index (χ2n) is 4.53. The summed E-state index contributed by atoms with van der Waals surface area (Å²) in [6.07, 6.45) is 0.285. The van der Waals surface area contributed by atoms with Crippen LogP contribution < -0.4 is 4.72 Å². The topological polar surface area (TPSA) is 66.4 Å². The fourth-order valence-electron chi connectivity index (χ4n) is 2.02. The number of benzene rings is 2. The molecule has 0 saturated carbocycles. The summed E-state index contributed by atoms with van der Waals surface area (Å²) in [5.41, 5.74) is 0.794. The van der Waals surface area contributed by atoms with Crippen molar-refractivity contribution in [1.82, 2.24) is 4.72 Å². The zero-order valence-electron chi connectivity index (χ0n) is 11.2. The Morgan fingerprint density at radius 2 is 1.67 bits per heavy atom. The van der Waals surface area contributed by atoms with Crippen molar-refractivity contribution < 1.29 is 13.5 Å². The highest BCUT2D eigenvalue weighted by atomic mass is 35.5. The molecule has 0 fully saturated rings. The zero-order chi connectivity index (χ0) is 15.3. The monoisotopic (exact) mass is 325 g/mol. The van der Waals surface area contributed by atoms with Crippen molar-refractivity contribution in [2.75, 3.05) is 6.61 Å². The maximum absolute atomic E-state index is 12.4. The molecule has 2 aromatic carbocycles. The lowest BCUT2D eigenvalue weighted by atomic mass is 10.1. The number of sulfonamides is 1. The van der Waals surface area contributed by atoms with Gasteiger partial charge in [0.25, 0.3) is 0 Å². The minimum atomic E-state index is -3.75. The maximum atomic E-state index is 12.4. The van der Waals surface area contributed by atoms with Crippen molar-refractivity contribution >= 4 is 21.6 Å². The highest BCUT2D eigenvalue weighted by Crippen LogP contribution is 2.24. The SMILES string of the molecule is O=S(=O)(N[C@H](CCO)c1ccccc1)c1ccccc1Cl. The quantitative estimate of drug-likeness (QED) is 0.858. The molecule has 0 radical (unpaired) electrons. The van der Waals surface area contributed by atoms with E-state index in [0.717, 1.165) is 5.56 Å². The van der Waals surface area contributed by atoms with Crippen LogP contribution >= 0.6 is 11.6 Å². The zero-order valence-corrected chi connectivity index (χ0v) is 12.8. The second kappa shape index (κ2) is 7.04. The first kappa shape index (κ1) is 16.0. The predicted molar refractivity (Wildman–Crippen MR) is 82.7 cm³/mol. The summed E-state index contributed by atoms with van der Waals surface area (Å²) < 4.78 is 27.5. The van der Waals surface area contributed by atoms with Gasteiger partial charge in [0.2, 0.25) is 10.0 Å². The van der Waals surface area contributed by atoms with Gasteiger partial charge in [0.05, 0.1) is 5.02 Å². The summed E-state index contributed by atoms with van der Waals surface area (Å²) in [4.78, 5) is 0.0329. The smallest absolute Gasteiger partial charge is 0.242 e. The van der Waals surface area contributed by atoms with E-state index < -0.39 is 16.1 Å². The Labute approximate surface area is 129 Å². The van der Waals surface area contributed by atoms with Crippen molar-refractivity contribution in [1.29, 1.82) is 0 Å². The van der Waals surface area contributed by atoms with E-state index in [9.17, 15) is 8.42 Å². The Morgan fingerprint density at radius 1 is 1.05 bits per heavy atom. The van der Waals surface area contributed by atoms with Crippen LogP contribution in [0.3, 0.4) is 0 Å². The van der Waals surface area contributed by atoms with Gasteiger partial charge >= 0.3 is 0 Å². The Bertz CT molecular complexity index is 689. The van der Waals surface area contributed by atoms with Gasteiger partial charge in [-0.25, -0.2) is 13.1 Å². The van der Waals surface area contributed by atoms with Crippen molar-refractivity contribution in [3.63, 3.8) is 0 Å². The predicted octanol–water partition coefficient (Wildman–Crippen LogP) is 2.74. The summed E-state index contributed by atoms with van der Waals surface area (Å²) in [6.45, 7) is -0.120. The van der Waals surface area contributed by atoms with Gasteiger partial charge in [-0.2, -0.15) is 0 Å². The summed E-state index contributed by atoms with van der Waals surface area (Å²) >= 11 is 5.95. The van der Waals surface area contributed by atoms with Gasteiger partial charge in [0.1, 0.15) is 4.90 Å². The minimum absolute atomic E-state index is 0.0329. The Hall–Kier alpha value is -1.40. The van der Waals surface area contributed by atoms with Gasteiger partial charge in [-0.15, -0.1) is 0 Å². The van der Waals surface area contributed by atoms with E-state index in [1.165, 1.54) is 12.1 Å². The third kappa shape index (κ3) is 4.04. The second-order valence-corrected chi connectivity index (χ2v) is 6.62. The van der Waals surface area contributed by atoms with Gasteiger partial charge in [-0.05, 0) is 24.1 Å². The van der Waals surface area contributed by atoms with Crippen molar-refractivity contribution in [2.24, 2.45) is 0 Å². The molecule has 2 N–H and O–H groups in total. The molecule has 0 aromatic heterocycles. The number of hydrogen-bond acceptors (Lipinski definition) is 3. The number of rotatable bonds is 6. The standard InChI is InChI=1S/C15H16ClNO3S/c16-13-8-4-5-9-15(13)21(19,20)17-14(10-11-18)12-6-2-1-3-7-12/h1-9,14,17-18H,10-11H2/t14-/m1/s1. The molecular weight excluding hydrogens is 310 g/mol. The number of aliphatic hydroxyl groups is 1. The molecule has 0 unspecified atom stereocenters. The van der Waals surface area contributed by atoms with Gasteiger partial charge in [-0.1, -0.05) is 54.1 Å². The van der Waals surface area contributed by atoms with Crippen molar-refractivity contribution in [3.8, 4) is 0 Å². The maximum Gasteiger partial charge on any atom is 0.242 e. The lowest BCUT2D eigenvalue weighted by Crippen LogP contribution is -2.29. The normalized spacial score (nSPS) is 13.0. The Morgan fingerprint density at radius 3 is 2.29 bits per heavy atom. The van der Waals surface area contributed by atoms with Crippen LogP contribution in [-0.2, 0) is 10.0 Å². The summed E-state index contributed by atoms with van der Waals surface area (Å²) in [6, 6.07) is 14.9. The molecule has 0 amide bonds. The minimum Gasteiger partial charge on any atom is -0.396 e. The van der Waals surface area contributed by atoms with E-state index in [-0.39, 0.29) is 22.9 Å². The molecule has 21 heavy (non-hydrogen) atoms.